The van der Waals surface area contributed by atoms with Crippen LogP contribution in [0.2, 0.25) is 0 Å². The van der Waals surface area contributed by atoms with Crippen molar-refractivity contribution in [1.29, 1.82) is 0 Å². The Hall–Kier alpha value is -1.06. The number of rotatable bonds is 1. The van der Waals surface area contributed by atoms with Crippen LogP contribution in [0.1, 0.15) is 24.0 Å². The fourth-order valence-corrected chi connectivity index (χ4v) is 2.19. The fourth-order valence-electron chi connectivity index (χ4n) is 2.19. The average Bonchev–Trinajstić information content (AvgIpc) is 2.18. The summed E-state index contributed by atoms with van der Waals surface area (Å²) in [5.41, 5.74) is 13.3. The third kappa shape index (κ3) is 1.38. The maximum atomic E-state index is 10.3. The van der Waals surface area contributed by atoms with E-state index in [0.717, 1.165) is 36.1 Å². The molecule has 5 N–H and O–H groups in total. The summed E-state index contributed by atoms with van der Waals surface area (Å²) in [5, 5.41) is 10.3. The Bertz CT molecular complexity index is 351. The van der Waals surface area contributed by atoms with Crippen LogP contribution in [0.5, 0.6) is 0 Å². The second-order valence-corrected chi connectivity index (χ2v) is 4.01. The summed E-state index contributed by atoms with van der Waals surface area (Å²) < 4.78 is 0. The summed E-state index contributed by atoms with van der Waals surface area (Å²) in [6, 6.07) is 5.66. The normalized spacial score (nSPS) is 25.9. The van der Waals surface area contributed by atoms with Gasteiger partial charge in [-0.1, -0.05) is 6.07 Å². The molecule has 1 unspecified atom stereocenters. The topological polar surface area (TPSA) is 72.3 Å². The Morgan fingerprint density at radius 1 is 1.43 bits per heavy atom. The van der Waals surface area contributed by atoms with Crippen molar-refractivity contribution in [2.45, 2.75) is 24.9 Å². The van der Waals surface area contributed by atoms with Gasteiger partial charge in [-0.05, 0) is 42.5 Å². The summed E-state index contributed by atoms with van der Waals surface area (Å²) >= 11 is 0. The highest BCUT2D eigenvalue weighted by molar-refractivity contribution is 5.47. The third-order valence-electron chi connectivity index (χ3n) is 3.00. The van der Waals surface area contributed by atoms with E-state index in [-0.39, 0.29) is 6.54 Å². The van der Waals surface area contributed by atoms with Crippen LogP contribution in [0.25, 0.3) is 0 Å². The molecule has 0 fully saturated rings. The van der Waals surface area contributed by atoms with E-state index in [1.807, 2.05) is 18.2 Å². The van der Waals surface area contributed by atoms with E-state index in [9.17, 15) is 5.11 Å². The molecule has 0 amide bonds. The SMILES string of the molecule is NCC1(O)CCCc2cc(N)ccc21. The number of benzene rings is 1. The number of fused-ring (bicyclic) bond motifs is 1. The number of aryl methyl sites for hydroxylation is 1. The summed E-state index contributed by atoms with van der Waals surface area (Å²) in [5.74, 6) is 0. The molecule has 0 aliphatic heterocycles. The van der Waals surface area contributed by atoms with Gasteiger partial charge in [-0.3, -0.25) is 0 Å². The van der Waals surface area contributed by atoms with Crippen LogP contribution in [0.15, 0.2) is 18.2 Å². The molecule has 1 aliphatic carbocycles. The first kappa shape index (κ1) is 9.49. The minimum atomic E-state index is -0.832. The lowest BCUT2D eigenvalue weighted by Gasteiger charge is -2.33. The second kappa shape index (κ2) is 3.26. The zero-order valence-electron chi connectivity index (χ0n) is 8.16. The van der Waals surface area contributed by atoms with E-state index < -0.39 is 5.60 Å². The molecule has 1 aromatic rings. The monoisotopic (exact) mass is 192 g/mol. The Balaban J connectivity index is 2.50. The molecule has 0 aromatic heterocycles. The predicted octanol–water partition coefficient (Wildman–Crippen LogP) is 0.751. The van der Waals surface area contributed by atoms with Gasteiger partial charge in [0.05, 0.1) is 0 Å². The molecule has 76 valence electrons. The molecule has 0 bridgehead atoms. The van der Waals surface area contributed by atoms with Gasteiger partial charge in [0.25, 0.3) is 0 Å². The number of nitrogens with two attached hydrogens (primary N) is 2. The van der Waals surface area contributed by atoms with Crippen LogP contribution >= 0.6 is 0 Å². The van der Waals surface area contributed by atoms with Crippen LogP contribution < -0.4 is 11.5 Å². The Labute approximate surface area is 83.7 Å². The quantitative estimate of drug-likeness (QED) is 0.575. The standard InChI is InChI=1S/C11H16N2O/c12-7-11(14)5-1-2-8-6-9(13)3-4-10(8)11/h3-4,6,14H,1-2,5,7,12-13H2. The van der Waals surface area contributed by atoms with E-state index in [4.69, 9.17) is 11.5 Å². The van der Waals surface area contributed by atoms with Gasteiger partial charge >= 0.3 is 0 Å². The molecule has 2 rings (SSSR count). The van der Waals surface area contributed by atoms with Crippen molar-refractivity contribution in [3.8, 4) is 0 Å². The van der Waals surface area contributed by atoms with Crippen LogP contribution in [-0.4, -0.2) is 11.7 Å². The van der Waals surface area contributed by atoms with Crippen molar-refractivity contribution < 1.29 is 5.11 Å². The largest absolute Gasteiger partial charge is 0.399 e. The van der Waals surface area contributed by atoms with Gasteiger partial charge in [-0.15, -0.1) is 0 Å². The van der Waals surface area contributed by atoms with Crippen LogP contribution in [0, 0.1) is 0 Å². The summed E-state index contributed by atoms with van der Waals surface area (Å²) in [7, 11) is 0. The molecule has 0 saturated heterocycles. The number of hydrogen-bond donors (Lipinski definition) is 3. The van der Waals surface area contributed by atoms with Crippen molar-refractivity contribution in [2.75, 3.05) is 12.3 Å². The molecule has 0 spiro atoms. The summed E-state index contributed by atoms with van der Waals surface area (Å²) in [6.45, 7) is 0.282. The molecule has 1 aromatic carbocycles. The van der Waals surface area contributed by atoms with Crippen LogP contribution in [0.4, 0.5) is 5.69 Å². The first-order valence-corrected chi connectivity index (χ1v) is 4.97. The maximum Gasteiger partial charge on any atom is 0.102 e. The molecule has 3 nitrogen and oxygen atoms in total. The maximum absolute atomic E-state index is 10.3. The number of anilines is 1. The van der Waals surface area contributed by atoms with Gasteiger partial charge in [0.1, 0.15) is 5.60 Å². The van der Waals surface area contributed by atoms with Gasteiger partial charge in [-0.25, -0.2) is 0 Å². The molecular weight excluding hydrogens is 176 g/mol. The number of nitrogen functional groups attached to an aromatic ring is 1. The van der Waals surface area contributed by atoms with Crippen LogP contribution in [-0.2, 0) is 12.0 Å². The lowest BCUT2D eigenvalue weighted by molar-refractivity contribution is 0.0280. The average molecular weight is 192 g/mol. The molecular formula is C11H16N2O. The molecule has 0 saturated carbocycles. The van der Waals surface area contributed by atoms with Crippen molar-refractivity contribution in [2.24, 2.45) is 5.73 Å². The smallest absolute Gasteiger partial charge is 0.102 e. The Kier molecular flexibility index (Phi) is 2.21. The van der Waals surface area contributed by atoms with E-state index in [1.165, 1.54) is 0 Å². The lowest BCUT2D eigenvalue weighted by atomic mass is 9.79. The van der Waals surface area contributed by atoms with Gasteiger partial charge in [0.15, 0.2) is 0 Å². The van der Waals surface area contributed by atoms with E-state index in [2.05, 4.69) is 0 Å². The van der Waals surface area contributed by atoms with Gasteiger partial charge in [0.2, 0.25) is 0 Å². The van der Waals surface area contributed by atoms with Crippen molar-refractivity contribution in [3.05, 3.63) is 29.3 Å². The Morgan fingerprint density at radius 2 is 2.21 bits per heavy atom. The van der Waals surface area contributed by atoms with Gasteiger partial charge in [0, 0.05) is 12.2 Å². The predicted molar refractivity (Wildman–Crippen MR) is 56.7 cm³/mol. The zero-order chi connectivity index (χ0) is 10.2. The van der Waals surface area contributed by atoms with Gasteiger partial charge in [-0.2, -0.15) is 0 Å². The van der Waals surface area contributed by atoms with E-state index in [0.29, 0.717) is 0 Å². The highest BCUT2D eigenvalue weighted by Gasteiger charge is 2.32. The van der Waals surface area contributed by atoms with Crippen molar-refractivity contribution in [3.63, 3.8) is 0 Å². The van der Waals surface area contributed by atoms with Crippen molar-refractivity contribution in [1.82, 2.24) is 0 Å². The van der Waals surface area contributed by atoms with Crippen molar-refractivity contribution >= 4 is 5.69 Å². The molecule has 0 heterocycles. The molecule has 1 aliphatic rings. The lowest BCUT2D eigenvalue weighted by Crippen LogP contribution is -2.38. The number of hydrogen-bond acceptors (Lipinski definition) is 3. The second-order valence-electron chi connectivity index (χ2n) is 4.01. The van der Waals surface area contributed by atoms with E-state index in [1.54, 1.807) is 0 Å². The Morgan fingerprint density at radius 3 is 2.93 bits per heavy atom. The molecule has 0 radical (unpaired) electrons. The van der Waals surface area contributed by atoms with E-state index >= 15 is 0 Å². The first-order chi connectivity index (χ1) is 6.65. The number of aliphatic hydroxyl groups is 1. The minimum Gasteiger partial charge on any atom is -0.399 e. The third-order valence-corrected chi connectivity index (χ3v) is 3.00. The molecule has 1 atom stereocenters. The molecule has 3 heteroatoms. The first-order valence-electron chi connectivity index (χ1n) is 4.97. The summed E-state index contributed by atoms with van der Waals surface area (Å²) in [4.78, 5) is 0. The highest BCUT2D eigenvalue weighted by Crippen LogP contribution is 2.35. The molecule has 14 heavy (non-hydrogen) atoms. The van der Waals surface area contributed by atoms with Crippen LogP contribution in [0.3, 0.4) is 0 Å². The zero-order valence-corrected chi connectivity index (χ0v) is 8.16. The minimum absolute atomic E-state index is 0.282. The summed E-state index contributed by atoms with van der Waals surface area (Å²) in [6.07, 6.45) is 2.72. The van der Waals surface area contributed by atoms with Gasteiger partial charge < -0.3 is 16.6 Å². The highest BCUT2D eigenvalue weighted by atomic mass is 16.3. The fraction of sp³-hybridized carbons (Fsp3) is 0.455.